The Labute approximate surface area is 383 Å². The largest absolute Gasteiger partial charge is 0.468 e. The Morgan fingerprint density at radius 1 is 0.781 bits per heavy atom. The van der Waals surface area contributed by atoms with Crippen LogP contribution in [-0.2, 0) is 31.9 Å². The van der Waals surface area contributed by atoms with Gasteiger partial charge < -0.3 is 34.8 Å². The number of methoxy groups -OCH3 is 1. The highest BCUT2D eigenvalue weighted by atomic mass is 16.5. The van der Waals surface area contributed by atoms with Crippen molar-refractivity contribution in [1.82, 2.24) is 20.3 Å². The number of aliphatic hydroxyl groups is 1. The summed E-state index contributed by atoms with van der Waals surface area (Å²) in [6.45, 7) is 24.7. The van der Waals surface area contributed by atoms with Gasteiger partial charge in [0.05, 0.1) is 18.9 Å². The van der Waals surface area contributed by atoms with Gasteiger partial charge in [-0.1, -0.05) is 99.0 Å². The Bertz CT molecular complexity index is 2360. The van der Waals surface area contributed by atoms with Crippen molar-refractivity contribution in [1.29, 1.82) is 0 Å². The van der Waals surface area contributed by atoms with E-state index in [-0.39, 0.29) is 30.8 Å². The Kier molecular flexibility index (Phi) is 16.6. The topological polar surface area (TPSA) is 132 Å². The van der Waals surface area contributed by atoms with Crippen LogP contribution >= 0.6 is 0 Å². The molecule has 6 rings (SSSR count). The van der Waals surface area contributed by atoms with Gasteiger partial charge in [-0.15, -0.1) is 0 Å². The van der Waals surface area contributed by atoms with E-state index in [1.54, 1.807) is 0 Å². The van der Waals surface area contributed by atoms with E-state index in [2.05, 4.69) is 114 Å². The highest BCUT2D eigenvalue weighted by Gasteiger charge is 2.48. The summed E-state index contributed by atoms with van der Waals surface area (Å²) in [6.07, 6.45) is 21.4. The highest BCUT2D eigenvalue weighted by Crippen LogP contribution is 2.52. The van der Waals surface area contributed by atoms with Gasteiger partial charge in [-0.2, -0.15) is 0 Å². The predicted octanol–water partition coefficient (Wildman–Crippen LogP) is 10.8. The first-order valence-corrected chi connectivity index (χ1v) is 24.7. The Hall–Kier alpha value is -4.50. The lowest BCUT2D eigenvalue weighted by Crippen LogP contribution is -2.24. The summed E-state index contributed by atoms with van der Waals surface area (Å²) in [5, 5.41) is 17.9. The molecule has 0 radical (unpaired) electrons. The molecule has 64 heavy (non-hydrogen) atoms. The van der Waals surface area contributed by atoms with Gasteiger partial charge in [-0.3, -0.25) is 9.59 Å². The maximum atomic E-state index is 13.7. The molecule has 1 aliphatic carbocycles. The van der Waals surface area contributed by atoms with Crippen molar-refractivity contribution in [2.75, 3.05) is 13.7 Å². The van der Waals surface area contributed by atoms with Crippen molar-refractivity contribution in [3.63, 3.8) is 0 Å². The molecule has 0 saturated carbocycles. The van der Waals surface area contributed by atoms with Gasteiger partial charge in [0.2, 0.25) is 0 Å². The predicted molar refractivity (Wildman–Crippen MR) is 262 cm³/mol. The van der Waals surface area contributed by atoms with Crippen LogP contribution in [0.5, 0.6) is 0 Å². The van der Waals surface area contributed by atoms with Gasteiger partial charge in [-0.05, 0) is 130 Å². The first-order valence-electron chi connectivity index (χ1n) is 24.7. The number of rotatable bonds is 20. The third-order valence-corrected chi connectivity index (χ3v) is 15.0. The van der Waals surface area contributed by atoms with Crippen molar-refractivity contribution in [2.45, 2.75) is 166 Å². The third kappa shape index (κ3) is 10.8. The molecule has 9 heteroatoms. The zero-order chi connectivity index (χ0) is 46.4. The Balaban J connectivity index is 1.21. The van der Waals surface area contributed by atoms with Gasteiger partial charge in [0.15, 0.2) is 0 Å². The molecule has 1 fully saturated rings. The van der Waals surface area contributed by atoms with Crippen molar-refractivity contribution in [2.24, 2.45) is 35.5 Å². The van der Waals surface area contributed by atoms with E-state index in [9.17, 15) is 14.7 Å². The molecule has 0 amide bonds. The summed E-state index contributed by atoms with van der Waals surface area (Å²) < 4.78 is 11.2. The summed E-state index contributed by atoms with van der Waals surface area (Å²) in [5.41, 5.74) is 14.0. The Morgan fingerprint density at radius 3 is 2.08 bits per heavy atom. The molecule has 0 unspecified atom stereocenters. The number of aromatic nitrogens is 3. The second kappa shape index (κ2) is 21.7. The van der Waals surface area contributed by atoms with Crippen LogP contribution in [0.4, 0.5) is 0 Å². The fourth-order valence-electron chi connectivity index (χ4n) is 10.8. The average Bonchev–Trinajstić information content (AvgIpc) is 3.99. The normalized spacial score (nSPS) is 23.2. The summed E-state index contributed by atoms with van der Waals surface area (Å²) in [7, 11) is 1.37. The third-order valence-electron chi connectivity index (χ3n) is 15.0. The van der Waals surface area contributed by atoms with Gasteiger partial charge in [0.1, 0.15) is 12.5 Å². The fourth-order valence-corrected chi connectivity index (χ4v) is 10.8. The lowest BCUT2D eigenvalue weighted by molar-refractivity contribution is -0.146. The monoisotopic (exact) mass is 877 g/mol. The lowest BCUT2D eigenvalue weighted by Gasteiger charge is -2.21. The van der Waals surface area contributed by atoms with Crippen LogP contribution in [0.15, 0.2) is 23.0 Å². The number of aliphatic hydroxyl groups excluding tert-OH is 1. The SMILES string of the molecule is CCc1c2[nH]c(c1C)/C=C1\N/C(=C3\c4[nH]c(c(C)c4[C@@H](O)[C@@H]3C(=O)OC)/C=c3\[nH]/c(c(C)c3CC)=C\2)[C@@H](CCC(=O)OC/C=C(\C)CCC[C@H](C)CCC[C@H](C)CCCC(C)C)[C@@H]1C. The van der Waals surface area contributed by atoms with Gasteiger partial charge in [0.25, 0.3) is 0 Å². The number of nitrogens with one attached hydrogen (secondary N) is 4. The molecule has 5 N–H and O–H groups in total. The van der Waals surface area contributed by atoms with Crippen molar-refractivity contribution in [3.05, 3.63) is 89.9 Å². The number of esters is 2. The molecule has 2 aliphatic heterocycles. The molecule has 0 spiro atoms. The smallest absolute Gasteiger partial charge is 0.316 e. The minimum absolute atomic E-state index is 0.0321. The summed E-state index contributed by atoms with van der Waals surface area (Å²) >= 11 is 0. The molecule has 1 saturated heterocycles. The van der Waals surface area contributed by atoms with Gasteiger partial charge >= 0.3 is 11.9 Å². The molecule has 5 heterocycles. The number of H-pyrrole nitrogens is 3. The van der Waals surface area contributed by atoms with Crippen LogP contribution in [-0.4, -0.2) is 45.7 Å². The maximum absolute atomic E-state index is 13.7. The van der Waals surface area contributed by atoms with E-state index in [1.807, 2.05) is 6.92 Å². The van der Waals surface area contributed by atoms with E-state index < -0.39 is 18.0 Å². The number of ether oxygens (including phenoxy) is 2. The van der Waals surface area contributed by atoms with Crippen LogP contribution in [0, 0.1) is 56.3 Å². The van der Waals surface area contributed by atoms with Crippen LogP contribution in [0.1, 0.15) is 188 Å². The number of aromatic amines is 3. The highest BCUT2D eigenvalue weighted by molar-refractivity contribution is 5.95. The summed E-state index contributed by atoms with van der Waals surface area (Å²) in [4.78, 5) is 38.3. The minimum Gasteiger partial charge on any atom is -0.468 e. The second-order valence-electron chi connectivity index (χ2n) is 20.1. The molecule has 0 aromatic carbocycles. The molecule has 8 bridgehead atoms. The van der Waals surface area contributed by atoms with Gasteiger partial charge in [0, 0.05) is 68.6 Å². The number of allylic oxidation sites excluding steroid dienone is 3. The Morgan fingerprint density at radius 2 is 1.42 bits per heavy atom. The van der Waals surface area contributed by atoms with Gasteiger partial charge in [-0.25, -0.2) is 0 Å². The summed E-state index contributed by atoms with van der Waals surface area (Å²) in [5.74, 6) is 0.494. The number of hydrogen-bond acceptors (Lipinski definition) is 6. The zero-order valence-corrected chi connectivity index (χ0v) is 41.3. The average molecular weight is 877 g/mol. The molecule has 6 atom stereocenters. The van der Waals surface area contributed by atoms with E-state index in [0.717, 1.165) is 93.9 Å². The maximum Gasteiger partial charge on any atom is 0.316 e. The first-order chi connectivity index (χ1) is 30.6. The van der Waals surface area contributed by atoms with Crippen molar-refractivity contribution >= 4 is 35.7 Å². The summed E-state index contributed by atoms with van der Waals surface area (Å²) in [6, 6.07) is 0. The van der Waals surface area contributed by atoms with Crippen molar-refractivity contribution in [3.8, 4) is 0 Å². The number of carbonyl (C=O) groups excluding carboxylic acids is 2. The minimum atomic E-state index is -1.10. The number of carbonyl (C=O) groups is 2. The zero-order valence-electron chi connectivity index (χ0n) is 41.3. The molecule has 3 aromatic heterocycles. The quantitative estimate of drug-likeness (QED) is 0.0567. The fraction of sp³-hybridized carbons (Fsp3) is 0.600. The van der Waals surface area contributed by atoms with E-state index in [0.29, 0.717) is 17.6 Å². The first kappa shape index (κ1) is 48.9. The van der Waals surface area contributed by atoms with Crippen LogP contribution in [0.3, 0.4) is 0 Å². The van der Waals surface area contributed by atoms with Crippen molar-refractivity contribution < 1.29 is 24.2 Å². The standard InChI is InChI=1S/C55H80N4O5/c1-13-39-35(8)42-28-44-37(10)41(24-25-48(60)64-27-26-34(7)23-17-22-33(6)21-16-20-32(5)19-15-18-31(3)4)52(58-44)50-51(55(62)63-12)54(61)49-38(11)45(59-53(49)50)30-47-40(14-2)36(9)43(57-47)29-46(39)56-42/h26,28-33,37,41,51,54,56-59,61H,13-25,27H2,1-12H3/b34-26+,43-29-,44-28-,47-30-,52-50-/t32-,33-,37+,41+,51-,54-/m1/s1. The van der Waals surface area contributed by atoms with E-state index in [1.165, 1.54) is 79.9 Å². The molecular formula is C55H80N4O5. The van der Waals surface area contributed by atoms with Crippen LogP contribution in [0.2, 0.25) is 0 Å². The van der Waals surface area contributed by atoms with Crippen LogP contribution < -0.4 is 16.0 Å². The molecule has 350 valence electrons. The van der Waals surface area contributed by atoms with E-state index in [4.69, 9.17) is 9.47 Å². The molecule has 9 nitrogen and oxygen atoms in total. The molecule has 3 aliphatic rings. The lowest BCUT2D eigenvalue weighted by atomic mass is 9.84. The number of hydrogen-bond donors (Lipinski definition) is 5. The molecular weight excluding hydrogens is 797 g/mol. The van der Waals surface area contributed by atoms with Crippen LogP contribution in [0.25, 0.3) is 23.8 Å². The van der Waals surface area contributed by atoms with E-state index >= 15 is 0 Å². The molecule has 3 aromatic rings. The second-order valence-corrected chi connectivity index (χ2v) is 20.1. The number of fused-ring (bicyclic) bond motifs is 7.